The Morgan fingerprint density at radius 1 is 0.810 bits per heavy atom. The van der Waals surface area contributed by atoms with Crippen LogP contribution in [0.25, 0.3) is 12.2 Å². The second-order valence-corrected chi connectivity index (χ2v) is 4.38. The van der Waals surface area contributed by atoms with Crippen LogP contribution in [0.3, 0.4) is 0 Å². The van der Waals surface area contributed by atoms with E-state index in [2.05, 4.69) is 0 Å². The Bertz CT molecular complexity index is 622. The summed E-state index contributed by atoms with van der Waals surface area (Å²) in [7, 11) is 4.65. The van der Waals surface area contributed by atoms with Crippen LogP contribution in [-0.4, -0.2) is 26.4 Å². The Morgan fingerprint density at radius 3 is 2.00 bits per heavy atom. The molecule has 0 unspecified atom stereocenters. The maximum Gasteiger partial charge on any atom is 0.200 e. The van der Waals surface area contributed by atoms with Crippen molar-refractivity contribution in [2.75, 3.05) is 21.3 Å². The molecule has 0 amide bonds. The lowest BCUT2D eigenvalue weighted by Crippen LogP contribution is -1.90. The first kappa shape index (κ1) is 14.8. The maximum atomic E-state index is 9.88. The van der Waals surface area contributed by atoms with Crippen molar-refractivity contribution in [2.24, 2.45) is 0 Å². The Hall–Kier alpha value is -2.62. The van der Waals surface area contributed by atoms with Gasteiger partial charge in [-0.1, -0.05) is 24.3 Å². The van der Waals surface area contributed by atoms with E-state index in [0.29, 0.717) is 11.5 Å². The van der Waals surface area contributed by atoms with Crippen molar-refractivity contribution in [3.63, 3.8) is 0 Å². The molecule has 0 saturated heterocycles. The van der Waals surface area contributed by atoms with Crippen molar-refractivity contribution in [1.29, 1.82) is 0 Å². The molecule has 0 saturated carbocycles. The molecule has 2 aromatic carbocycles. The fourth-order valence-corrected chi connectivity index (χ4v) is 1.95. The second kappa shape index (κ2) is 6.70. The van der Waals surface area contributed by atoms with Crippen LogP contribution in [0.5, 0.6) is 23.0 Å². The summed E-state index contributed by atoms with van der Waals surface area (Å²) in [6.45, 7) is 0. The Labute approximate surface area is 124 Å². The molecule has 21 heavy (non-hydrogen) atoms. The third kappa shape index (κ3) is 3.48. The van der Waals surface area contributed by atoms with Crippen LogP contribution >= 0.6 is 0 Å². The highest BCUT2D eigenvalue weighted by Crippen LogP contribution is 2.37. The lowest BCUT2D eigenvalue weighted by atomic mass is 10.1. The number of aromatic hydroxyl groups is 1. The van der Waals surface area contributed by atoms with Gasteiger partial charge in [-0.25, -0.2) is 0 Å². The average Bonchev–Trinajstić information content (AvgIpc) is 2.54. The molecule has 0 bridgehead atoms. The van der Waals surface area contributed by atoms with Crippen molar-refractivity contribution in [1.82, 2.24) is 0 Å². The van der Waals surface area contributed by atoms with Gasteiger partial charge in [0.05, 0.1) is 21.3 Å². The fraction of sp³-hybridized carbons (Fsp3) is 0.176. The van der Waals surface area contributed by atoms with Gasteiger partial charge in [-0.15, -0.1) is 0 Å². The number of hydrogen-bond donors (Lipinski definition) is 1. The van der Waals surface area contributed by atoms with Crippen molar-refractivity contribution in [3.05, 3.63) is 47.5 Å². The summed E-state index contributed by atoms with van der Waals surface area (Å²) < 4.78 is 15.5. The SMILES string of the molecule is COc1cccc(/C=C/c2cc(OC)c(O)c(OC)c2)c1. The molecule has 4 heteroatoms. The summed E-state index contributed by atoms with van der Waals surface area (Å²) >= 11 is 0. The highest BCUT2D eigenvalue weighted by atomic mass is 16.5. The molecule has 0 heterocycles. The molecule has 2 rings (SSSR count). The van der Waals surface area contributed by atoms with Crippen LogP contribution in [0, 0.1) is 0 Å². The first-order valence-corrected chi connectivity index (χ1v) is 6.45. The normalized spacial score (nSPS) is 10.6. The quantitative estimate of drug-likeness (QED) is 0.853. The zero-order valence-corrected chi connectivity index (χ0v) is 12.3. The molecule has 0 aromatic heterocycles. The van der Waals surface area contributed by atoms with E-state index in [1.54, 1.807) is 19.2 Å². The highest BCUT2D eigenvalue weighted by molar-refractivity contribution is 5.73. The van der Waals surface area contributed by atoms with Crippen molar-refractivity contribution in [3.8, 4) is 23.0 Å². The number of ether oxygens (including phenoxy) is 3. The topological polar surface area (TPSA) is 47.9 Å². The molecule has 0 radical (unpaired) electrons. The van der Waals surface area contributed by atoms with Crippen LogP contribution in [0.1, 0.15) is 11.1 Å². The summed E-state index contributed by atoms with van der Waals surface area (Å²) in [5.41, 5.74) is 1.88. The lowest BCUT2D eigenvalue weighted by molar-refractivity contribution is 0.340. The number of hydrogen-bond acceptors (Lipinski definition) is 4. The number of benzene rings is 2. The maximum absolute atomic E-state index is 9.88. The van der Waals surface area contributed by atoms with E-state index in [9.17, 15) is 5.11 Å². The third-order valence-electron chi connectivity index (χ3n) is 3.06. The molecule has 0 spiro atoms. The van der Waals surface area contributed by atoms with Gasteiger partial charge < -0.3 is 19.3 Å². The highest BCUT2D eigenvalue weighted by Gasteiger charge is 2.09. The first-order chi connectivity index (χ1) is 10.2. The Kier molecular flexibility index (Phi) is 4.72. The number of rotatable bonds is 5. The molecule has 2 aromatic rings. The van der Waals surface area contributed by atoms with Crippen LogP contribution in [-0.2, 0) is 0 Å². The summed E-state index contributed by atoms with van der Waals surface area (Å²) in [4.78, 5) is 0. The van der Waals surface area contributed by atoms with Gasteiger partial charge in [0, 0.05) is 0 Å². The molecule has 0 atom stereocenters. The Morgan fingerprint density at radius 2 is 1.43 bits per heavy atom. The zero-order chi connectivity index (χ0) is 15.2. The number of phenolic OH excluding ortho intramolecular Hbond substituents is 1. The van der Waals surface area contributed by atoms with Crippen molar-refractivity contribution < 1.29 is 19.3 Å². The molecule has 0 aliphatic rings. The molecule has 1 N–H and O–H groups in total. The molecule has 0 aliphatic carbocycles. The van der Waals surface area contributed by atoms with E-state index in [1.807, 2.05) is 36.4 Å². The van der Waals surface area contributed by atoms with Gasteiger partial charge in [-0.05, 0) is 35.4 Å². The van der Waals surface area contributed by atoms with E-state index < -0.39 is 0 Å². The van der Waals surface area contributed by atoms with Gasteiger partial charge in [-0.3, -0.25) is 0 Å². The zero-order valence-electron chi connectivity index (χ0n) is 12.3. The molecular formula is C17H18O4. The van der Waals surface area contributed by atoms with E-state index in [0.717, 1.165) is 16.9 Å². The van der Waals surface area contributed by atoms with E-state index in [1.165, 1.54) is 14.2 Å². The number of phenols is 1. The van der Waals surface area contributed by atoms with E-state index in [4.69, 9.17) is 14.2 Å². The van der Waals surface area contributed by atoms with E-state index in [-0.39, 0.29) is 5.75 Å². The monoisotopic (exact) mass is 286 g/mol. The minimum absolute atomic E-state index is 0.00136. The van der Waals surface area contributed by atoms with Gasteiger partial charge in [-0.2, -0.15) is 0 Å². The molecule has 110 valence electrons. The standard InChI is InChI=1S/C17H18O4/c1-19-14-6-4-5-12(9-14)7-8-13-10-15(20-2)17(18)16(11-13)21-3/h4-11,18H,1-3H3/b8-7+. The van der Waals surface area contributed by atoms with Gasteiger partial charge >= 0.3 is 0 Å². The van der Waals surface area contributed by atoms with Crippen LogP contribution in [0.4, 0.5) is 0 Å². The minimum atomic E-state index is -0.00136. The molecular weight excluding hydrogens is 268 g/mol. The van der Waals surface area contributed by atoms with Crippen molar-refractivity contribution >= 4 is 12.2 Å². The fourth-order valence-electron chi connectivity index (χ4n) is 1.95. The lowest BCUT2D eigenvalue weighted by Gasteiger charge is -2.09. The van der Waals surface area contributed by atoms with Gasteiger partial charge in [0.25, 0.3) is 0 Å². The largest absolute Gasteiger partial charge is 0.502 e. The van der Waals surface area contributed by atoms with Crippen molar-refractivity contribution in [2.45, 2.75) is 0 Å². The summed E-state index contributed by atoms with van der Waals surface area (Å²) in [6.07, 6.45) is 3.87. The summed E-state index contributed by atoms with van der Waals surface area (Å²) in [6, 6.07) is 11.2. The van der Waals surface area contributed by atoms with Gasteiger partial charge in [0.2, 0.25) is 5.75 Å². The predicted molar refractivity (Wildman–Crippen MR) is 83.1 cm³/mol. The van der Waals surface area contributed by atoms with E-state index >= 15 is 0 Å². The smallest absolute Gasteiger partial charge is 0.200 e. The van der Waals surface area contributed by atoms with Crippen LogP contribution < -0.4 is 14.2 Å². The van der Waals surface area contributed by atoms with Gasteiger partial charge in [0.1, 0.15) is 5.75 Å². The third-order valence-corrected chi connectivity index (χ3v) is 3.06. The molecule has 0 fully saturated rings. The van der Waals surface area contributed by atoms with Crippen LogP contribution in [0.15, 0.2) is 36.4 Å². The first-order valence-electron chi connectivity index (χ1n) is 6.45. The number of methoxy groups -OCH3 is 3. The average molecular weight is 286 g/mol. The summed E-state index contributed by atoms with van der Waals surface area (Å²) in [5, 5.41) is 9.88. The second-order valence-electron chi connectivity index (χ2n) is 4.38. The van der Waals surface area contributed by atoms with Crippen LogP contribution in [0.2, 0.25) is 0 Å². The Balaban J connectivity index is 2.31. The predicted octanol–water partition coefficient (Wildman–Crippen LogP) is 3.59. The summed E-state index contributed by atoms with van der Waals surface area (Å²) in [5.74, 6) is 1.55. The minimum Gasteiger partial charge on any atom is -0.502 e. The molecule has 0 aliphatic heterocycles. The molecule has 4 nitrogen and oxygen atoms in total. The van der Waals surface area contributed by atoms with Gasteiger partial charge in [0.15, 0.2) is 11.5 Å².